The molecule has 0 fully saturated rings. The zero-order valence-corrected chi connectivity index (χ0v) is 14.0. The van der Waals surface area contributed by atoms with Gasteiger partial charge in [-0.05, 0) is 31.0 Å². The molecule has 0 bridgehead atoms. The Labute approximate surface area is 144 Å². The van der Waals surface area contributed by atoms with Crippen LogP contribution in [-0.4, -0.2) is 27.1 Å². The number of nitrogens with zero attached hydrogens (tertiary/aromatic N) is 2. The largest absolute Gasteiger partial charge is 0.478 e. The fraction of sp³-hybridized carbons (Fsp3) is 0.375. The number of benzene rings is 1. The van der Waals surface area contributed by atoms with E-state index in [2.05, 4.69) is 15.5 Å². The molecule has 2 N–H and O–H groups in total. The van der Waals surface area contributed by atoms with Crippen LogP contribution in [0.2, 0.25) is 5.02 Å². The standard InChI is InChI=1S/C16H18ClN3O4/c1-2-4-13-19-15(24-20-13)6-3-5-14(21)18-10-7-8-11(16(22)23)12(17)9-10/h7-9H,2-6H2,1H3,(H,18,21)(H,22,23). The monoisotopic (exact) mass is 351 g/mol. The van der Waals surface area contributed by atoms with E-state index < -0.39 is 5.97 Å². The van der Waals surface area contributed by atoms with E-state index in [9.17, 15) is 9.59 Å². The van der Waals surface area contributed by atoms with Gasteiger partial charge in [0.1, 0.15) is 0 Å². The Morgan fingerprint density at radius 2 is 2.12 bits per heavy atom. The van der Waals surface area contributed by atoms with Gasteiger partial charge in [-0.2, -0.15) is 4.98 Å². The third kappa shape index (κ3) is 5.06. The molecule has 7 nitrogen and oxygen atoms in total. The van der Waals surface area contributed by atoms with Crippen LogP contribution >= 0.6 is 11.6 Å². The van der Waals surface area contributed by atoms with Gasteiger partial charge in [-0.3, -0.25) is 4.79 Å². The number of rotatable bonds is 8. The van der Waals surface area contributed by atoms with E-state index in [1.165, 1.54) is 18.2 Å². The summed E-state index contributed by atoms with van der Waals surface area (Å²) in [5.41, 5.74) is 0.451. The van der Waals surface area contributed by atoms with Crippen molar-refractivity contribution in [2.24, 2.45) is 0 Å². The van der Waals surface area contributed by atoms with Gasteiger partial charge in [0.15, 0.2) is 5.82 Å². The Morgan fingerprint density at radius 3 is 2.79 bits per heavy atom. The first kappa shape index (κ1) is 17.9. The van der Waals surface area contributed by atoms with Gasteiger partial charge < -0.3 is 14.9 Å². The molecule has 24 heavy (non-hydrogen) atoms. The van der Waals surface area contributed by atoms with Gasteiger partial charge in [-0.15, -0.1) is 0 Å². The predicted molar refractivity (Wildman–Crippen MR) is 88.3 cm³/mol. The first-order valence-corrected chi connectivity index (χ1v) is 8.01. The van der Waals surface area contributed by atoms with Crippen molar-refractivity contribution in [1.29, 1.82) is 0 Å². The average Bonchev–Trinajstić information content (AvgIpc) is 2.95. The molecule has 0 saturated heterocycles. The van der Waals surface area contributed by atoms with Crippen molar-refractivity contribution in [3.8, 4) is 0 Å². The van der Waals surface area contributed by atoms with E-state index in [4.69, 9.17) is 21.2 Å². The number of carbonyl (C=O) groups excluding carboxylic acids is 1. The smallest absolute Gasteiger partial charge is 0.337 e. The minimum atomic E-state index is -1.11. The molecule has 0 atom stereocenters. The van der Waals surface area contributed by atoms with E-state index in [-0.39, 0.29) is 22.9 Å². The van der Waals surface area contributed by atoms with Crippen LogP contribution in [0.5, 0.6) is 0 Å². The second-order valence-corrected chi connectivity index (χ2v) is 5.66. The molecule has 0 aliphatic heterocycles. The zero-order chi connectivity index (χ0) is 17.5. The van der Waals surface area contributed by atoms with Crippen LogP contribution in [-0.2, 0) is 17.6 Å². The number of aryl methyl sites for hydroxylation is 2. The minimum Gasteiger partial charge on any atom is -0.478 e. The fourth-order valence-corrected chi connectivity index (χ4v) is 2.37. The number of carboxylic acid groups (broad SMARTS) is 1. The van der Waals surface area contributed by atoms with Gasteiger partial charge >= 0.3 is 5.97 Å². The normalized spacial score (nSPS) is 10.6. The number of carbonyl (C=O) groups is 2. The number of nitrogens with one attached hydrogen (secondary N) is 1. The second kappa shape index (κ2) is 8.44. The van der Waals surface area contributed by atoms with Crippen molar-refractivity contribution in [2.45, 2.75) is 39.0 Å². The highest BCUT2D eigenvalue weighted by molar-refractivity contribution is 6.33. The molecule has 1 aromatic carbocycles. The molecule has 0 aliphatic carbocycles. The van der Waals surface area contributed by atoms with Crippen LogP contribution in [0, 0.1) is 0 Å². The maximum absolute atomic E-state index is 11.9. The lowest BCUT2D eigenvalue weighted by Crippen LogP contribution is -2.12. The van der Waals surface area contributed by atoms with Crippen LogP contribution in [0.4, 0.5) is 5.69 Å². The van der Waals surface area contributed by atoms with Gasteiger partial charge in [0.05, 0.1) is 10.6 Å². The summed E-state index contributed by atoms with van der Waals surface area (Å²) >= 11 is 5.86. The van der Waals surface area contributed by atoms with Crippen LogP contribution in [0.25, 0.3) is 0 Å². The van der Waals surface area contributed by atoms with Gasteiger partial charge in [0.2, 0.25) is 11.8 Å². The van der Waals surface area contributed by atoms with Crippen molar-refractivity contribution < 1.29 is 19.2 Å². The molecule has 0 saturated carbocycles. The topological polar surface area (TPSA) is 105 Å². The molecule has 0 aliphatic rings. The summed E-state index contributed by atoms with van der Waals surface area (Å²) in [6.07, 6.45) is 3.11. The minimum absolute atomic E-state index is 0.00561. The van der Waals surface area contributed by atoms with Gasteiger partial charge in [-0.1, -0.05) is 23.7 Å². The number of hydrogen-bond acceptors (Lipinski definition) is 5. The molecule has 0 unspecified atom stereocenters. The number of aromatic nitrogens is 2. The van der Waals surface area contributed by atoms with E-state index in [0.29, 0.717) is 30.2 Å². The lowest BCUT2D eigenvalue weighted by Gasteiger charge is -2.06. The van der Waals surface area contributed by atoms with Crippen LogP contribution in [0.3, 0.4) is 0 Å². The average molecular weight is 352 g/mol. The Hall–Kier alpha value is -2.41. The van der Waals surface area contributed by atoms with Crippen LogP contribution in [0.15, 0.2) is 22.7 Å². The highest BCUT2D eigenvalue weighted by atomic mass is 35.5. The third-order valence-corrected chi connectivity index (χ3v) is 3.57. The first-order valence-electron chi connectivity index (χ1n) is 7.63. The molecule has 0 spiro atoms. The van der Waals surface area contributed by atoms with Crippen molar-refractivity contribution in [2.75, 3.05) is 5.32 Å². The first-order chi connectivity index (χ1) is 11.5. The number of carboxylic acids is 1. The quantitative estimate of drug-likeness (QED) is 0.755. The van der Waals surface area contributed by atoms with Crippen LogP contribution < -0.4 is 5.32 Å². The molecule has 1 heterocycles. The van der Waals surface area contributed by atoms with E-state index in [1.54, 1.807) is 0 Å². The molecule has 2 rings (SSSR count). The van der Waals surface area contributed by atoms with E-state index in [1.807, 2.05) is 6.92 Å². The Morgan fingerprint density at radius 1 is 1.33 bits per heavy atom. The third-order valence-electron chi connectivity index (χ3n) is 3.26. The molecule has 8 heteroatoms. The summed E-state index contributed by atoms with van der Waals surface area (Å²) in [7, 11) is 0. The zero-order valence-electron chi connectivity index (χ0n) is 13.2. The van der Waals surface area contributed by atoms with Gasteiger partial charge in [-0.25, -0.2) is 4.79 Å². The highest BCUT2D eigenvalue weighted by Crippen LogP contribution is 2.21. The molecule has 1 aromatic heterocycles. The summed E-state index contributed by atoms with van der Waals surface area (Å²) in [5.74, 6) is -0.0902. The van der Waals surface area contributed by atoms with Crippen molar-refractivity contribution in [3.05, 3.63) is 40.5 Å². The fourth-order valence-electron chi connectivity index (χ4n) is 2.11. The van der Waals surface area contributed by atoms with Crippen LogP contribution in [0.1, 0.15) is 48.3 Å². The summed E-state index contributed by atoms with van der Waals surface area (Å²) in [6.45, 7) is 2.04. The van der Waals surface area contributed by atoms with Crippen molar-refractivity contribution in [1.82, 2.24) is 10.1 Å². The SMILES string of the molecule is CCCc1noc(CCCC(=O)Nc2ccc(C(=O)O)c(Cl)c2)n1. The number of aromatic carboxylic acids is 1. The molecular formula is C16H18ClN3O4. The predicted octanol–water partition coefficient (Wildman–Crippen LogP) is 3.34. The molecule has 0 radical (unpaired) electrons. The maximum atomic E-state index is 11.9. The van der Waals surface area contributed by atoms with Gasteiger partial charge in [0.25, 0.3) is 0 Å². The summed E-state index contributed by atoms with van der Waals surface area (Å²) in [6, 6.07) is 4.27. The maximum Gasteiger partial charge on any atom is 0.337 e. The Balaban J connectivity index is 1.80. The van der Waals surface area contributed by atoms with E-state index in [0.717, 1.165) is 12.8 Å². The Bertz CT molecular complexity index is 730. The molecule has 128 valence electrons. The number of hydrogen-bond donors (Lipinski definition) is 2. The molecule has 1 amide bonds. The number of halogens is 1. The summed E-state index contributed by atoms with van der Waals surface area (Å²) in [5, 5.41) is 15.5. The lowest BCUT2D eigenvalue weighted by atomic mass is 10.2. The molecule has 2 aromatic rings. The molecular weight excluding hydrogens is 334 g/mol. The number of anilines is 1. The summed E-state index contributed by atoms with van der Waals surface area (Å²) in [4.78, 5) is 27.0. The highest BCUT2D eigenvalue weighted by Gasteiger charge is 2.11. The second-order valence-electron chi connectivity index (χ2n) is 5.26. The van der Waals surface area contributed by atoms with Crippen molar-refractivity contribution in [3.63, 3.8) is 0 Å². The lowest BCUT2D eigenvalue weighted by molar-refractivity contribution is -0.116. The Kier molecular flexibility index (Phi) is 6.31. The van der Waals surface area contributed by atoms with Gasteiger partial charge in [0, 0.05) is 24.9 Å². The van der Waals surface area contributed by atoms with E-state index >= 15 is 0 Å². The summed E-state index contributed by atoms with van der Waals surface area (Å²) < 4.78 is 5.10. The number of amides is 1. The van der Waals surface area contributed by atoms with Crippen molar-refractivity contribution >= 4 is 29.2 Å².